The number of benzene rings is 1. The average molecular weight is 303 g/mol. The van der Waals surface area contributed by atoms with Gasteiger partial charge in [0.15, 0.2) is 0 Å². The van der Waals surface area contributed by atoms with Gasteiger partial charge in [0.1, 0.15) is 5.75 Å². The first-order chi connectivity index (χ1) is 10.6. The molecule has 0 unspecified atom stereocenters. The number of aliphatic hydroxyl groups is 1. The largest absolute Gasteiger partial charge is 0.496 e. The molecule has 1 aromatic carbocycles. The van der Waals surface area contributed by atoms with Crippen molar-refractivity contribution >= 4 is 0 Å². The normalized spacial score (nSPS) is 11.0. The number of rotatable bonds is 7. The lowest BCUT2D eigenvalue weighted by Crippen LogP contribution is -2.14. The second-order valence-corrected chi connectivity index (χ2v) is 5.50. The molecule has 0 saturated heterocycles. The third-order valence-electron chi connectivity index (χ3n) is 3.93. The highest BCUT2D eigenvalue weighted by atomic mass is 16.5. The Balaban J connectivity index is 1.98. The lowest BCUT2D eigenvalue weighted by Gasteiger charge is -2.09. The number of hydrogen-bond acceptors (Lipinski definition) is 4. The summed E-state index contributed by atoms with van der Waals surface area (Å²) in [6.45, 7) is 8.34. The van der Waals surface area contributed by atoms with Gasteiger partial charge in [-0.1, -0.05) is 12.1 Å². The first-order valence-corrected chi connectivity index (χ1v) is 7.54. The van der Waals surface area contributed by atoms with Gasteiger partial charge in [0.25, 0.3) is 0 Å². The topological polar surface area (TPSA) is 59.3 Å². The number of nitrogens with zero attached hydrogens (tertiary/aromatic N) is 2. The Hall–Kier alpha value is -1.85. The van der Waals surface area contributed by atoms with Crippen LogP contribution in [0.5, 0.6) is 5.75 Å². The number of nitrogens with one attached hydrogen (secondary N) is 1. The van der Waals surface area contributed by atoms with Crippen molar-refractivity contribution in [3.8, 4) is 5.75 Å². The maximum Gasteiger partial charge on any atom is 0.121 e. The summed E-state index contributed by atoms with van der Waals surface area (Å²) < 4.78 is 7.14. The molecule has 1 heterocycles. The zero-order valence-electron chi connectivity index (χ0n) is 13.8. The van der Waals surface area contributed by atoms with Gasteiger partial charge in [0.05, 0.1) is 26.0 Å². The fourth-order valence-electron chi connectivity index (χ4n) is 2.68. The minimum Gasteiger partial charge on any atom is -0.496 e. The molecule has 0 aliphatic carbocycles. The van der Waals surface area contributed by atoms with Crippen LogP contribution in [0.2, 0.25) is 0 Å². The summed E-state index contributed by atoms with van der Waals surface area (Å²) in [5, 5.41) is 17.0. The smallest absolute Gasteiger partial charge is 0.121 e. The standard InChI is InChI=1S/C17H25N3O2/c1-12-9-15(5-6-17(12)22-4)10-18-11-16-13(2)19-20(7-8-21)14(16)3/h5-6,9,18,21H,7-8,10-11H2,1-4H3. The maximum atomic E-state index is 9.05. The van der Waals surface area contributed by atoms with Crippen molar-refractivity contribution in [1.29, 1.82) is 0 Å². The molecular weight excluding hydrogens is 278 g/mol. The number of aliphatic hydroxyl groups excluding tert-OH is 1. The van der Waals surface area contributed by atoms with Gasteiger partial charge in [0.2, 0.25) is 0 Å². The second kappa shape index (κ2) is 7.42. The Morgan fingerprint density at radius 3 is 2.64 bits per heavy atom. The monoisotopic (exact) mass is 303 g/mol. The molecule has 0 saturated carbocycles. The molecule has 0 bridgehead atoms. The second-order valence-electron chi connectivity index (χ2n) is 5.50. The van der Waals surface area contributed by atoms with E-state index in [4.69, 9.17) is 9.84 Å². The van der Waals surface area contributed by atoms with E-state index in [1.807, 2.05) is 24.6 Å². The molecule has 0 fully saturated rings. The molecule has 1 aromatic heterocycles. The molecule has 0 amide bonds. The molecule has 5 heteroatoms. The van der Waals surface area contributed by atoms with Gasteiger partial charge in [-0.15, -0.1) is 0 Å². The van der Waals surface area contributed by atoms with Crippen molar-refractivity contribution < 1.29 is 9.84 Å². The summed E-state index contributed by atoms with van der Waals surface area (Å²) in [4.78, 5) is 0. The van der Waals surface area contributed by atoms with E-state index in [9.17, 15) is 0 Å². The predicted octanol–water partition coefficient (Wildman–Crippen LogP) is 2.10. The van der Waals surface area contributed by atoms with E-state index in [1.165, 1.54) is 11.1 Å². The van der Waals surface area contributed by atoms with Crippen molar-refractivity contribution in [2.24, 2.45) is 0 Å². The maximum absolute atomic E-state index is 9.05. The molecule has 2 N–H and O–H groups in total. The summed E-state index contributed by atoms with van der Waals surface area (Å²) >= 11 is 0. The summed E-state index contributed by atoms with van der Waals surface area (Å²) in [5.41, 5.74) is 5.72. The Morgan fingerprint density at radius 2 is 2.00 bits per heavy atom. The van der Waals surface area contributed by atoms with E-state index >= 15 is 0 Å². The Kier molecular flexibility index (Phi) is 5.57. The molecule has 120 valence electrons. The molecule has 0 aliphatic rings. The Morgan fingerprint density at radius 1 is 1.23 bits per heavy atom. The van der Waals surface area contributed by atoms with E-state index in [1.54, 1.807) is 7.11 Å². The number of aromatic nitrogens is 2. The van der Waals surface area contributed by atoms with Crippen molar-refractivity contribution in [2.45, 2.75) is 40.4 Å². The van der Waals surface area contributed by atoms with E-state index < -0.39 is 0 Å². The summed E-state index contributed by atoms with van der Waals surface area (Å²) in [5.74, 6) is 0.917. The summed E-state index contributed by atoms with van der Waals surface area (Å²) in [7, 11) is 1.69. The van der Waals surface area contributed by atoms with Crippen LogP contribution in [0.3, 0.4) is 0 Å². The van der Waals surface area contributed by atoms with Crippen LogP contribution in [0.15, 0.2) is 18.2 Å². The lowest BCUT2D eigenvalue weighted by molar-refractivity contribution is 0.267. The van der Waals surface area contributed by atoms with Gasteiger partial charge in [-0.05, 0) is 38.0 Å². The van der Waals surface area contributed by atoms with Gasteiger partial charge in [-0.25, -0.2) is 0 Å². The highest BCUT2D eigenvalue weighted by Gasteiger charge is 2.10. The molecule has 0 radical (unpaired) electrons. The minimum atomic E-state index is 0.111. The molecule has 0 atom stereocenters. The van der Waals surface area contributed by atoms with Crippen LogP contribution < -0.4 is 10.1 Å². The third kappa shape index (κ3) is 3.67. The van der Waals surface area contributed by atoms with E-state index in [0.717, 1.165) is 35.8 Å². The molecule has 5 nitrogen and oxygen atoms in total. The fourth-order valence-corrected chi connectivity index (χ4v) is 2.68. The number of ether oxygens (including phenoxy) is 1. The van der Waals surface area contributed by atoms with E-state index in [-0.39, 0.29) is 6.61 Å². The molecule has 2 aromatic rings. The zero-order valence-corrected chi connectivity index (χ0v) is 13.8. The third-order valence-corrected chi connectivity index (χ3v) is 3.93. The van der Waals surface area contributed by atoms with Gasteiger partial charge in [-0.3, -0.25) is 4.68 Å². The number of hydrogen-bond donors (Lipinski definition) is 2. The molecule has 0 aliphatic heterocycles. The molecule has 0 spiro atoms. The van der Waals surface area contributed by atoms with Crippen molar-refractivity contribution in [3.05, 3.63) is 46.3 Å². The van der Waals surface area contributed by atoms with Crippen LogP contribution in [0, 0.1) is 20.8 Å². The van der Waals surface area contributed by atoms with E-state index in [2.05, 4.69) is 29.5 Å². The van der Waals surface area contributed by atoms with Crippen LogP contribution in [0.4, 0.5) is 0 Å². The van der Waals surface area contributed by atoms with Gasteiger partial charge >= 0.3 is 0 Å². The highest BCUT2D eigenvalue weighted by Crippen LogP contribution is 2.18. The number of methoxy groups -OCH3 is 1. The molecule has 22 heavy (non-hydrogen) atoms. The van der Waals surface area contributed by atoms with Crippen molar-refractivity contribution in [3.63, 3.8) is 0 Å². The van der Waals surface area contributed by atoms with Crippen LogP contribution in [-0.2, 0) is 19.6 Å². The quantitative estimate of drug-likeness (QED) is 0.822. The first-order valence-electron chi connectivity index (χ1n) is 7.54. The van der Waals surface area contributed by atoms with Crippen LogP contribution in [0.25, 0.3) is 0 Å². The van der Waals surface area contributed by atoms with Gasteiger partial charge in [-0.2, -0.15) is 5.10 Å². The van der Waals surface area contributed by atoms with Gasteiger partial charge in [0, 0.05) is 24.3 Å². The SMILES string of the molecule is COc1ccc(CNCc2c(C)nn(CCO)c2C)cc1C. The Labute approximate surface area is 131 Å². The fraction of sp³-hybridized carbons (Fsp3) is 0.471. The zero-order chi connectivity index (χ0) is 16.1. The first kappa shape index (κ1) is 16.5. The van der Waals surface area contributed by atoms with E-state index in [0.29, 0.717) is 6.54 Å². The van der Waals surface area contributed by atoms with Crippen molar-refractivity contribution in [2.75, 3.05) is 13.7 Å². The molecular formula is C17H25N3O2. The summed E-state index contributed by atoms with van der Waals surface area (Å²) in [6, 6.07) is 6.22. The lowest BCUT2D eigenvalue weighted by atomic mass is 10.1. The summed E-state index contributed by atoms with van der Waals surface area (Å²) in [6.07, 6.45) is 0. The van der Waals surface area contributed by atoms with Crippen LogP contribution in [-0.4, -0.2) is 28.6 Å². The van der Waals surface area contributed by atoms with Crippen LogP contribution in [0.1, 0.15) is 28.1 Å². The highest BCUT2D eigenvalue weighted by molar-refractivity contribution is 5.36. The Bertz CT molecular complexity index is 635. The van der Waals surface area contributed by atoms with Crippen molar-refractivity contribution in [1.82, 2.24) is 15.1 Å². The van der Waals surface area contributed by atoms with Gasteiger partial charge < -0.3 is 15.2 Å². The predicted molar refractivity (Wildman–Crippen MR) is 87.1 cm³/mol. The average Bonchev–Trinajstić information content (AvgIpc) is 2.75. The minimum absolute atomic E-state index is 0.111. The van der Waals surface area contributed by atoms with Crippen LogP contribution >= 0.6 is 0 Å². The number of aryl methyl sites for hydroxylation is 2. The molecule has 2 rings (SSSR count).